The molecule has 0 fully saturated rings. The van der Waals surface area contributed by atoms with Crippen LogP contribution in [0.5, 0.6) is 0 Å². The van der Waals surface area contributed by atoms with Crippen molar-refractivity contribution in [1.29, 1.82) is 0 Å². The molecule has 1 rings (SSSR count). The highest BCUT2D eigenvalue weighted by atomic mass is 79.9. The molecular weight excluding hydrogens is 367 g/mol. The second-order valence-electron chi connectivity index (χ2n) is 4.29. The monoisotopic (exact) mass is 382 g/mol. The van der Waals surface area contributed by atoms with Crippen molar-refractivity contribution in [2.24, 2.45) is 5.14 Å². The number of hydrogen-bond acceptors (Lipinski definition) is 4. The van der Waals surface area contributed by atoms with E-state index in [1.54, 1.807) is 6.92 Å². The first-order chi connectivity index (χ1) is 9.66. The van der Waals surface area contributed by atoms with Crippen molar-refractivity contribution in [1.82, 2.24) is 5.32 Å². The van der Waals surface area contributed by atoms with E-state index in [0.29, 0.717) is 6.61 Å². The smallest absolute Gasteiger partial charge is 0.252 e. The number of carbonyl (C=O) groups is 1. The highest BCUT2D eigenvalue weighted by Gasteiger charge is 2.21. The summed E-state index contributed by atoms with van der Waals surface area (Å²) < 4.78 is 41.4. The summed E-state index contributed by atoms with van der Waals surface area (Å²) in [4.78, 5) is 11.5. The van der Waals surface area contributed by atoms with E-state index in [0.717, 1.165) is 12.1 Å². The van der Waals surface area contributed by atoms with E-state index in [-0.39, 0.29) is 22.7 Å². The van der Waals surface area contributed by atoms with Gasteiger partial charge >= 0.3 is 0 Å². The quantitative estimate of drug-likeness (QED) is 0.776. The maximum Gasteiger partial charge on any atom is 0.252 e. The van der Waals surface area contributed by atoms with Crippen LogP contribution in [0.3, 0.4) is 0 Å². The van der Waals surface area contributed by atoms with Crippen LogP contribution in [0.4, 0.5) is 4.39 Å². The average Bonchev–Trinajstić information content (AvgIpc) is 2.37. The maximum absolute atomic E-state index is 13.5. The highest BCUT2D eigenvalue weighted by molar-refractivity contribution is 9.10. The second kappa shape index (κ2) is 7.30. The minimum absolute atomic E-state index is 0.0760. The minimum Gasteiger partial charge on any atom is -0.377 e. The van der Waals surface area contributed by atoms with Gasteiger partial charge in [-0.3, -0.25) is 4.79 Å². The molecule has 0 aliphatic rings. The van der Waals surface area contributed by atoms with Gasteiger partial charge in [0.05, 0.1) is 21.0 Å². The summed E-state index contributed by atoms with van der Waals surface area (Å²) in [6.07, 6.45) is -0.219. The molecule has 21 heavy (non-hydrogen) atoms. The van der Waals surface area contributed by atoms with E-state index in [4.69, 9.17) is 9.88 Å². The van der Waals surface area contributed by atoms with Crippen LogP contribution in [0.15, 0.2) is 21.5 Å². The van der Waals surface area contributed by atoms with Gasteiger partial charge in [0.15, 0.2) is 0 Å². The van der Waals surface area contributed by atoms with Crippen molar-refractivity contribution in [2.75, 3.05) is 13.2 Å². The van der Waals surface area contributed by atoms with Crippen LogP contribution in [0, 0.1) is 5.82 Å². The van der Waals surface area contributed by atoms with Crippen LogP contribution in [0.25, 0.3) is 0 Å². The first-order valence-corrected chi connectivity index (χ1v) is 8.42. The number of nitrogens with one attached hydrogen (secondary N) is 1. The van der Waals surface area contributed by atoms with Crippen molar-refractivity contribution in [3.8, 4) is 0 Å². The van der Waals surface area contributed by atoms with E-state index < -0.39 is 26.6 Å². The van der Waals surface area contributed by atoms with Crippen molar-refractivity contribution in [2.45, 2.75) is 24.8 Å². The Hall–Kier alpha value is -1.03. The Morgan fingerprint density at radius 3 is 2.67 bits per heavy atom. The van der Waals surface area contributed by atoms with E-state index in [2.05, 4.69) is 21.2 Å². The summed E-state index contributed by atoms with van der Waals surface area (Å²) in [5.41, 5.74) is -0.150. The van der Waals surface area contributed by atoms with Gasteiger partial charge in [-0.1, -0.05) is 0 Å². The van der Waals surface area contributed by atoms with Crippen LogP contribution in [0.2, 0.25) is 0 Å². The van der Waals surface area contributed by atoms with Gasteiger partial charge in [0.2, 0.25) is 10.0 Å². The highest BCUT2D eigenvalue weighted by Crippen LogP contribution is 2.26. The number of carbonyl (C=O) groups excluding carboxylic acids is 1. The van der Waals surface area contributed by atoms with E-state index in [9.17, 15) is 17.6 Å². The molecule has 3 N–H and O–H groups in total. The third kappa shape index (κ3) is 5.03. The van der Waals surface area contributed by atoms with E-state index in [1.165, 1.54) is 0 Å². The standard InChI is InChI=1S/C12H16BrFN2O4S/c1-3-20-7(2)6-16-12(17)9-4-8(14)5-10(11(9)13)21(15,18)19/h4-5,7H,3,6H2,1-2H3,(H,16,17)(H2,15,18,19). The molecule has 0 aromatic heterocycles. The summed E-state index contributed by atoms with van der Waals surface area (Å²) in [5, 5.41) is 7.52. The second-order valence-corrected chi connectivity index (χ2v) is 6.61. The molecule has 1 amide bonds. The SMILES string of the molecule is CCOC(C)CNC(=O)c1cc(F)cc(S(N)(=O)=O)c1Br. The average molecular weight is 383 g/mol. The van der Waals surface area contributed by atoms with Crippen molar-refractivity contribution in [3.63, 3.8) is 0 Å². The fourth-order valence-corrected chi connectivity index (χ4v) is 3.33. The first kappa shape index (κ1) is 18.0. The summed E-state index contributed by atoms with van der Waals surface area (Å²) in [6, 6.07) is 1.68. The Morgan fingerprint density at radius 2 is 2.14 bits per heavy atom. The Morgan fingerprint density at radius 1 is 1.52 bits per heavy atom. The number of benzene rings is 1. The molecule has 118 valence electrons. The molecule has 0 radical (unpaired) electrons. The van der Waals surface area contributed by atoms with Crippen LogP contribution >= 0.6 is 15.9 Å². The zero-order chi connectivity index (χ0) is 16.2. The predicted octanol–water partition coefficient (Wildman–Crippen LogP) is 1.39. The summed E-state index contributed by atoms with van der Waals surface area (Å²) in [5.74, 6) is -1.50. The molecule has 0 spiro atoms. The molecule has 1 unspecified atom stereocenters. The number of nitrogens with two attached hydrogens (primary N) is 1. The van der Waals surface area contributed by atoms with Crippen LogP contribution in [-0.2, 0) is 14.8 Å². The third-order valence-corrected chi connectivity index (χ3v) is 4.61. The lowest BCUT2D eigenvalue weighted by Crippen LogP contribution is -2.32. The lowest BCUT2D eigenvalue weighted by atomic mass is 10.2. The minimum atomic E-state index is -4.14. The molecule has 0 saturated carbocycles. The van der Waals surface area contributed by atoms with Gasteiger partial charge in [0.1, 0.15) is 5.82 Å². The van der Waals surface area contributed by atoms with Gasteiger partial charge in [-0.15, -0.1) is 0 Å². The lowest BCUT2D eigenvalue weighted by molar-refractivity contribution is 0.0694. The number of ether oxygens (including phenoxy) is 1. The topological polar surface area (TPSA) is 98.5 Å². The Balaban J connectivity index is 3.03. The number of amides is 1. The lowest BCUT2D eigenvalue weighted by Gasteiger charge is -2.14. The number of primary sulfonamides is 1. The van der Waals surface area contributed by atoms with Gasteiger partial charge < -0.3 is 10.1 Å². The number of sulfonamides is 1. The van der Waals surface area contributed by atoms with Gasteiger partial charge in [0.25, 0.3) is 5.91 Å². The summed E-state index contributed by atoms with van der Waals surface area (Å²) in [7, 11) is -4.14. The molecule has 0 heterocycles. The summed E-state index contributed by atoms with van der Waals surface area (Å²) >= 11 is 2.97. The molecule has 0 aliphatic carbocycles. The summed E-state index contributed by atoms with van der Waals surface area (Å²) in [6.45, 7) is 4.29. The normalized spacial score (nSPS) is 13.0. The molecule has 0 saturated heterocycles. The zero-order valence-corrected chi connectivity index (χ0v) is 13.9. The van der Waals surface area contributed by atoms with Gasteiger partial charge in [-0.05, 0) is 41.9 Å². The first-order valence-electron chi connectivity index (χ1n) is 6.08. The molecular formula is C12H16BrFN2O4S. The van der Waals surface area contributed by atoms with Gasteiger partial charge in [-0.25, -0.2) is 17.9 Å². The maximum atomic E-state index is 13.5. The Bertz CT molecular complexity index is 636. The van der Waals surface area contributed by atoms with Crippen LogP contribution in [0.1, 0.15) is 24.2 Å². The van der Waals surface area contributed by atoms with Crippen LogP contribution < -0.4 is 10.5 Å². The molecule has 0 bridgehead atoms. The fraction of sp³-hybridized carbons (Fsp3) is 0.417. The largest absolute Gasteiger partial charge is 0.377 e. The third-order valence-electron chi connectivity index (χ3n) is 2.56. The Kier molecular flexibility index (Phi) is 6.26. The van der Waals surface area contributed by atoms with Gasteiger partial charge in [-0.2, -0.15) is 0 Å². The molecule has 6 nitrogen and oxygen atoms in total. The molecule has 9 heteroatoms. The predicted molar refractivity (Wildman–Crippen MR) is 78.9 cm³/mol. The number of rotatable bonds is 6. The molecule has 1 atom stereocenters. The molecule has 0 aliphatic heterocycles. The molecule has 1 aromatic carbocycles. The van der Waals surface area contributed by atoms with Crippen LogP contribution in [-0.4, -0.2) is 33.6 Å². The zero-order valence-electron chi connectivity index (χ0n) is 11.5. The van der Waals surface area contributed by atoms with Crippen molar-refractivity contribution in [3.05, 3.63) is 28.0 Å². The van der Waals surface area contributed by atoms with Gasteiger partial charge in [0, 0.05) is 13.2 Å². The van der Waals surface area contributed by atoms with E-state index in [1.807, 2.05) is 6.92 Å². The fourth-order valence-electron chi connectivity index (χ4n) is 1.61. The molecule has 1 aromatic rings. The van der Waals surface area contributed by atoms with Crippen molar-refractivity contribution < 1.29 is 22.3 Å². The van der Waals surface area contributed by atoms with Crippen molar-refractivity contribution >= 4 is 31.9 Å². The number of hydrogen-bond donors (Lipinski definition) is 2. The Labute approximate surface area is 131 Å². The van der Waals surface area contributed by atoms with E-state index >= 15 is 0 Å². The number of halogens is 2.